The Morgan fingerprint density at radius 2 is 1.84 bits per heavy atom. The van der Waals surface area contributed by atoms with Gasteiger partial charge in [0.25, 0.3) is 0 Å². The van der Waals surface area contributed by atoms with Gasteiger partial charge in [-0.25, -0.2) is 19.3 Å². The number of anilines is 3. The molecule has 38 heavy (non-hydrogen) atoms. The van der Waals surface area contributed by atoms with Crippen molar-refractivity contribution in [1.29, 1.82) is 0 Å². The van der Waals surface area contributed by atoms with Crippen molar-refractivity contribution in [3.8, 4) is 11.3 Å². The molecule has 1 N–H and O–H groups in total. The second kappa shape index (κ2) is 11.6. The molecule has 4 rings (SSSR count). The first kappa shape index (κ1) is 27.6. The maximum atomic E-state index is 15.4. The van der Waals surface area contributed by atoms with E-state index in [2.05, 4.69) is 25.2 Å². The zero-order valence-electron chi connectivity index (χ0n) is 20.6. The van der Waals surface area contributed by atoms with Gasteiger partial charge in [-0.2, -0.15) is 17.6 Å². The van der Waals surface area contributed by atoms with Crippen molar-refractivity contribution >= 4 is 34.1 Å². The van der Waals surface area contributed by atoms with Crippen LogP contribution in [0, 0.1) is 18.6 Å². The third-order valence-electron chi connectivity index (χ3n) is 5.81. The molecule has 0 saturated carbocycles. The Kier molecular flexibility index (Phi) is 8.41. The molecule has 8 nitrogen and oxygen atoms in total. The Balaban J connectivity index is 1.46. The average molecular weight is 557 g/mol. The normalized spacial score (nSPS) is 14.6. The van der Waals surface area contributed by atoms with Gasteiger partial charge in [0.1, 0.15) is 11.6 Å². The van der Waals surface area contributed by atoms with Crippen LogP contribution in [0.1, 0.15) is 24.7 Å². The number of nitrogens with zero attached hydrogens (tertiary/aromatic N) is 5. The molecular formula is C24H25F5N6O2S. The van der Waals surface area contributed by atoms with Crippen LogP contribution in [0.5, 0.6) is 0 Å². The molecule has 0 atom stereocenters. The summed E-state index contributed by atoms with van der Waals surface area (Å²) in [5.74, 6) is -1.70. The molecule has 1 aromatic carbocycles. The minimum absolute atomic E-state index is 0.0533. The van der Waals surface area contributed by atoms with Gasteiger partial charge in [-0.3, -0.25) is 9.69 Å². The van der Waals surface area contributed by atoms with Crippen LogP contribution < -0.4 is 10.2 Å². The second-order valence-electron chi connectivity index (χ2n) is 8.53. The van der Waals surface area contributed by atoms with E-state index in [1.54, 1.807) is 18.7 Å². The molecule has 1 saturated heterocycles. The van der Waals surface area contributed by atoms with Gasteiger partial charge in [-0.15, -0.1) is 11.3 Å². The average Bonchev–Trinajstić information content (AvgIpc) is 3.33. The Hall–Kier alpha value is -3.39. The summed E-state index contributed by atoms with van der Waals surface area (Å²) in [4.78, 5) is 28.0. The van der Waals surface area contributed by atoms with Crippen LogP contribution in [0.4, 0.5) is 38.7 Å². The lowest BCUT2D eigenvalue weighted by Crippen LogP contribution is -2.47. The molecule has 2 aromatic heterocycles. The van der Waals surface area contributed by atoms with Crippen molar-refractivity contribution in [3.05, 3.63) is 46.6 Å². The first-order valence-corrected chi connectivity index (χ1v) is 12.7. The van der Waals surface area contributed by atoms with Crippen LogP contribution in [0.3, 0.4) is 0 Å². The van der Waals surface area contributed by atoms with E-state index in [-0.39, 0.29) is 40.4 Å². The number of benzene rings is 1. The third-order valence-corrected chi connectivity index (χ3v) is 6.56. The molecule has 0 bridgehead atoms. The fourth-order valence-electron chi connectivity index (χ4n) is 3.97. The van der Waals surface area contributed by atoms with Gasteiger partial charge in [-0.05, 0) is 32.0 Å². The molecule has 3 aromatic rings. The number of carbonyl (C=O) groups excluding carboxylic acids is 1. The van der Waals surface area contributed by atoms with E-state index in [4.69, 9.17) is 4.74 Å². The van der Waals surface area contributed by atoms with E-state index in [9.17, 15) is 22.4 Å². The highest BCUT2D eigenvalue weighted by atomic mass is 32.1. The molecule has 3 heterocycles. The largest absolute Gasteiger partial charge is 0.466 e. The van der Waals surface area contributed by atoms with Crippen molar-refractivity contribution in [2.45, 2.75) is 26.4 Å². The van der Waals surface area contributed by atoms with Gasteiger partial charge in [0.05, 0.1) is 24.3 Å². The fourth-order valence-corrected chi connectivity index (χ4v) is 4.69. The Morgan fingerprint density at radius 3 is 2.53 bits per heavy atom. The maximum Gasteiger partial charge on any atom is 0.416 e. The summed E-state index contributed by atoms with van der Waals surface area (Å²) in [5, 5.41) is 4.39. The molecule has 0 radical (unpaired) electrons. The number of nitrogens with one attached hydrogen (secondary N) is 1. The highest BCUT2D eigenvalue weighted by Gasteiger charge is 2.32. The lowest BCUT2D eigenvalue weighted by Gasteiger charge is -2.35. The van der Waals surface area contributed by atoms with E-state index in [1.165, 1.54) is 5.38 Å². The minimum Gasteiger partial charge on any atom is -0.466 e. The SMILES string of the molecule is CCOC(=O)CCN1CCN(c2nc(C)nc(Nc3nc(-c4cc(F)cc(C(F)(F)F)c4)cs3)c2F)CC1. The standard InChI is InChI=1S/C24H25F5N6O2S/c1-3-37-19(36)4-5-34-6-8-35(9-7-34)22-20(26)21(30-14(2)31-22)33-23-32-18(13-38-23)15-10-16(24(27,28)29)12-17(25)11-15/h10-13H,3-9H2,1-2H3,(H,30,31,32,33). The first-order chi connectivity index (χ1) is 18.0. The molecular weight excluding hydrogens is 531 g/mol. The molecule has 0 amide bonds. The number of halogens is 5. The summed E-state index contributed by atoms with van der Waals surface area (Å²) >= 11 is 1.01. The number of ether oxygens (including phenoxy) is 1. The number of hydrogen-bond donors (Lipinski definition) is 1. The number of thiazole rings is 1. The van der Waals surface area contributed by atoms with Gasteiger partial charge in [0.2, 0.25) is 5.82 Å². The monoisotopic (exact) mass is 556 g/mol. The van der Waals surface area contributed by atoms with Gasteiger partial charge < -0.3 is 15.0 Å². The van der Waals surface area contributed by atoms with Gasteiger partial charge in [0.15, 0.2) is 16.8 Å². The fraction of sp³-hybridized carbons (Fsp3) is 0.417. The molecule has 1 fully saturated rings. The number of aromatic nitrogens is 3. The summed E-state index contributed by atoms with van der Waals surface area (Å²) in [5.41, 5.74) is -1.08. The smallest absolute Gasteiger partial charge is 0.416 e. The van der Waals surface area contributed by atoms with Crippen LogP contribution in [0.15, 0.2) is 23.6 Å². The maximum absolute atomic E-state index is 15.4. The van der Waals surface area contributed by atoms with Crippen molar-refractivity contribution < 1.29 is 31.5 Å². The lowest BCUT2D eigenvalue weighted by molar-refractivity contribution is -0.143. The van der Waals surface area contributed by atoms with Gasteiger partial charge in [0, 0.05) is 43.7 Å². The lowest BCUT2D eigenvalue weighted by atomic mass is 10.1. The van der Waals surface area contributed by atoms with Crippen molar-refractivity contribution in [3.63, 3.8) is 0 Å². The van der Waals surface area contributed by atoms with Crippen LogP contribution in [-0.2, 0) is 15.7 Å². The summed E-state index contributed by atoms with van der Waals surface area (Å²) < 4.78 is 73.4. The number of alkyl halides is 3. The molecule has 1 aliphatic rings. The molecule has 0 spiro atoms. The third kappa shape index (κ3) is 6.72. The van der Waals surface area contributed by atoms with Crippen LogP contribution in [0.25, 0.3) is 11.3 Å². The van der Waals surface area contributed by atoms with E-state index in [1.807, 2.05) is 0 Å². The number of piperazine rings is 1. The van der Waals surface area contributed by atoms with Gasteiger partial charge >= 0.3 is 12.1 Å². The van der Waals surface area contributed by atoms with E-state index in [0.29, 0.717) is 51.2 Å². The number of rotatable bonds is 8. The van der Waals surface area contributed by atoms with Crippen molar-refractivity contribution in [2.75, 3.05) is 49.5 Å². The van der Waals surface area contributed by atoms with E-state index in [0.717, 1.165) is 23.5 Å². The predicted octanol–water partition coefficient (Wildman–Crippen LogP) is 5.02. The second-order valence-corrected chi connectivity index (χ2v) is 9.39. The predicted molar refractivity (Wildman–Crippen MR) is 132 cm³/mol. The number of esters is 1. The zero-order chi connectivity index (χ0) is 27.4. The zero-order valence-corrected chi connectivity index (χ0v) is 21.4. The number of hydrogen-bond acceptors (Lipinski definition) is 9. The Morgan fingerprint density at radius 1 is 1.11 bits per heavy atom. The van der Waals surface area contributed by atoms with Crippen LogP contribution in [-0.4, -0.2) is 65.2 Å². The van der Waals surface area contributed by atoms with Crippen molar-refractivity contribution in [1.82, 2.24) is 19.9 Å². The molecule has 14 heteroatoms. The first-order valence-electron chi connectivity index (χ1n) is 11.8. The summed E-state index contributed by atoms with van der Waals surface area (Å²) in [6.45, 7) is 6.43. The minimum atomic E-state index is -4.71. The van der Waals surface area contributed by atoms with E-state index < -0.39 is 23.4 Å². The quantitative estimate of drug-likeness (QED) is 0.306. The van der Waals surface area contributed by atoms with E-state index >= 15 is 4.39 Å². The topological polar surface area (TPSA) is 83.5 Å². The number of aryl methyl sites for hydroxylation is 1. The summed E-state index contributed by atoms with van der Waals surface area (Å²) in [6, 6.07) is 2.17. The van der Waals surface area contributed by atoms with Gasteiger partial charge in [-0.1, -0.05) is 0 Å². The van der Waals surface area contributed by atoms with Crippen molar-refractivity contribution in [2.24, 2.45) is 0 Å². The molecule has 0 aliphatic carbocycles. The van der Waals surface area contributed by atoms with Crippen LogP contribution in [0.2, 0.25) is 0 Å². The Bertz CT molecular complexity index is 1290. The molecule has 0 unspecified atom stereocenters. The van der Waals surface area contributed by atoms with Crippen LogP contribution >= 0.6 is 11.3 Å². The molecule has 1 aliphatic heterocycles. The number of carbonyl (C=O) groups is 1. The highest BCUT2D eigenvalue weighted by Crippen LogP contribution is 2.35. The summed E-state index contributed by atoms with van der Waals surface area (Å²) in [6.07, 6.45) is -4.43. The highest BCUT2D eigenvalue weighted by molar-refractivity contribution is 7.14. The summed E-state index contributed by atoms with van der Waals surface area (Å²) in [7, 11) is 0. The molecule has 204 valence electrons. The Labute approximate surface area is 219 Å².